The maximum absolute atomic E-state index is 12.3. The molecule has 6 heteroatoms. The van der Waals surface area contributed by atoms with Gasteiger partial charge in [-0.2, -0.15) is 0 Å². The molecule has 0 saturated heterocycles. The first-order chi connectivity index (χ1) is 8.05. The van der Waals surface area contributed by atoms with Gasteiger partial charge in [-0.3, -0.25) is 4.57 Å². The van der Waals surface area contributed by atoms with Crippen LogP contribution < -0.4 is 5.73 Å². The molecule has 0 spiro atoms. The Morgan fingerprint density at radius 3 is 2.29 bits per heavy atom. The van der Waals surface area contributed by atoms with Crippen molar-refractivity contribution in [2.24, 2.45) is 0 Å². The highest BCUT2D eigenvalue weighted by Gasteiger charge is 2.36. The number of aliphatic hydroxyl groups excluding tert-OH is 1. The summed E-state index contributed by atoms with van der Waals surface area (Å²) in [6.07, 6.45) is 0. The molecule has 0 aliphatic carbocycles. The first-order valence-corrected chi connectivity index (χ1v) is 7.07. The molecule has 1 unspecified atom stereocenters. The summed E-state index contributed by atoms with van der Waals surface area (Å²) in [7, 11) is -3.58. The number of anilines is 1. The van der Waals surface area contributed by atoms with Crippen LogP contribution in [0, 0.1) is 0 Å². The average Bonchev–Trinajstić information content (AvgIpc) is 2.29. The number of benzene rings is 1. The van der Waals surface area contributed by atoms with E-state index in [1.54, 1.807) is 38.1 Å². The van der Waals surface area contributed by atoms with E-state index in [2.05, 4.69) is 0 Å². The molecule has 0 heterocycles. The Hall–Kier alpha value is -0.870. The van der Waals surface area contributed by atoms with Crippen LogP contribution in [-0.4, -0.2) is 18.3 Å². The Bertz CT molecular complexity index is 400. The van der Waals surface area contributed by atoms with Crippen LogP contribution in [0.4, 0.5) is 5.69 Å². The minimum Gasteiger partial charge on any atom is -0.398 e. The van der Waals surface area contributed by atoms with Gasteiger partial charge in [-0.15, -0.1) is 0 Å². The molecular formula is C11H18NO4P. The van der Waals surface area contributed by atoms with Crippen molar-refractivity contribution in [1.29, 1.82) is 0 Å². The molecule has 0 bridgehead atoms. The topological polar surface area (TPSA) is 81.8 Å². The maximum Gasteiger partial charge on any atom is 0.363 e. The summed E-state index contributed by atoms with van der Waals surface area (Å²) in [6, 6.07) is 6.67. The third kappa shape index (κ3) is 3.30. The molecule has 1 atom stereocenters. The zero-order chi connectivity index (χ0) is 12.9. The minimum absolute atomic E-state index is 0.196. The lowest BCUT2D eigenvalue weighted by Crippen LogP contribution is -2.08. The van der Waals surface area contributed by atoms with Crippen molar-refractivity contribution in [3.05, 3.63) is 29.8 Å². The molecule has 0 radical (unpaired) electrons. The van der Waals surface area contributed by atoms with Gasteiger partial charge in [0.2, 0.25) is 0 Å². The van der Waals surface area contributed by atoms with E-state index in [4.69, 9.17) is 14.8 Å². The van der Waals surface area contributed by atoms with Crippen LogP contribution in [0.3, 0.4) is 0 Å². The van der Waals surface area contributed by atoms with Crippen molar-refractivity contribution in [3.63, 3.8) is 0 Å². The first-order valence-electron chi connectivity index (χ1n) is 5.46. The van der Waals surface area contributed by atoms with Crippen LogP contribution in [0.15, 0.2) is 24.3 Å². The number of hydrogen-bond acceptors (Lipinski definition) is 5. The molecule has 5 nitrogen and oxygen atoms in total. The summed E-state index contributed by atoms with van der Waals surface area (Å²) in [5.74, 6) is -1.36. The summed E-state index contributed by atoms with van der Waals surface area (Å²) >= 11 is 0. The van der Waals surface area contributed by atoms with E-state index in [1.807, 2.05) is 0 Å². The molecule has 0 aliphatic heterocycles. The van der Waals surface area contributed by atoms with Crippen molar-refractivity contribution >= 4 is 13.3 Å². The standard InChI is InChI=1S/C11H18NO4P/c1-3-15-17(14,16-4-2)11(13)9-7-5-6-8-10(9)12/h5-8,11,13H,3-4,12H2,1-2H3. The van der Waals surface area contributed by atoms with Gasteiger partial charge in [0.25, 0.3) is 0 Å². The Kier molecular flexibility index (Phi) is 5.15. The lowest BCUT2D eigenvalue weighted by Gasteiger charge is -2.23. The van der Waals surface area contributed by atoms with Crippen molar-refractivity contribution in [3.8, 4) is 0 Å². The summed E-state index contributed by atoms with van der Waals surface area (Å²) in [4.78, 5) is 0. The lowest BCUT2D eigenvalue weighted by atomic mass is 10.2. The van der Waals surface area contributed by atoms with E-state index < -0.39 is 13.4 Å². The van der Waals surface area contributed by atoms with Crippen molar-refractivity contribution in [1.82, 2.24) is 0 Å². The van der Waals surface area contributed by atoms with Gasteiger partial charge >= 0.3 is 7.60 Å². The molecule has 96 valence electrons. The van der Waals surface area contributed by atoms with Gasteiger partial charge in [-0.1, -0.05) is 18.2 Å². The van der Waals surface area contributed by atoms with E-state index in [9.17, 15) is 9.67 Å². The van der Waals surface area contributed by atoms with Crippen molar-refractivity contribution < 1.29 is 18.7 Å². The highest BCUT2D eigenvalue weighted by atomic mass is 31.2. The predicted molar refractivity (Wildman–Crippen MR) is 66.7 cm³/mol. The summed E-state index contributed by atoms with van der Waals surface area (Å²) < 4.78 is 22.5. The lowest BCUT2D eigenvalue weighted by molar-refractivity contribution is 0.150. The molecular weight excluding hydrogens is 241 g/mol. The van der Waals surface area contributed by atoms with E-state index in [1.165, 1.54) is 0 Å². The SMILES string of the molecule is CCOP(=O)(OCC)C(O)c1ccccc1N. The Morgan fingerprint density at radius 2 is 1.82 bits per heavy atom. The third-order valence-corrected chi connectivity index (χ3v) is 4.31. The zero-order valence-corrected chi connectivity index (χ0v) is 10.9. The van der Waals surface area contributed by atoms with Gasteiger partial charge in [0.05, 0.1) is 13.2 Å². The molecule has 0 aromatic heterocycles. The Labute approximate surface area is 101 Å². The van der Waals surface area contributed by atoms with Gasteiger partial charge in [0.15, 0.2) is 5.85 Å². The van der Waals surface area contributed by atoms with Crippen LogP contribution in [0.2, 0.25) is 0 Å². The number of hydrogen-bond donors (Lipinski definition) is 2. The number of nitrogens with two attached hydrogens (primary N) is 1. The highest BCUT2D eigenvalue weighted by molar-refractivity contribution is 7.54. The average molecular weight is 259 g/mol. The second-order valence-corrected chi connectivity index (χ2v) is 5.46. The molecule has 1 rings (SSSR count). The van der Waals surface area contributed by atoms with Crippen LogP contribution in [0.25, 0.3) is 0 Å². The van der Waals surface area contributed by atoms with E-state index in [-0.39, 0.29) is 13.2 Å². The second-order valence-electron chi connectivity index (χ2n) is 3.38. The normalized spacial score (nSPS) is 13.6. The molecule has 17 heavy (non-hydrogen) atoms. The third-order valence-electron chi connectivity index (χ3n) is 2.19. The fourth-order valence-corrected chi connectivity index (χ4v) is 3.11. The zero-order valence-electron chi connectivity index (χ0n) is 10.00. The van der Waals surface area contributed by atoms with Gasteiger partial charge in [-0.25, -0.2) is 0 Å². The van der Waals surface area contributed by atoms with Crippen molar-refractivity contribution in [2.45, 2.75) is 19.7 Å². The van der Waals surface area contributed by atoms with E-state index >= 15 is 0 Å². The Morgan fingerprint density at radius 1 is 1.29 bits per heavy atom. The number of rotatable bonds is 6. The molecule has 3 N–H and O–H groups in total. The second kappa shape index (κ2) is 6.17. The van der Waals surface area contributed by atoms with Crippen LogP contribution in [0.1, 0.15) is 25.3 Å². The highest BCUT2D eigenvalue weighted by Crippen LogP contribution is 2.60. The smallest absolute Gasteiger partial charge is 0.363 e. The quantitative estimate of drug-likeness (QED) is 0.606. The van der Waals surface area contributed by atoms with Crippen LogP contribution >= 0.6 is 7.60 Å². The van der Waals surface area contributed by atoms with Crippen LogP contribution in [0.5, 0.6) is 0 Å². The first kappa shape index (κ1) is 14.2. The number of nitrogen functional groups attached to an aromatic ring is 1. The fraction of sp³-hybridized carbons (Fsp3) is 0.455. The molecule has 1 aromatic rings. The molecule has 0 aliphatic rings. The van der Waals surface area contributed by atoms with Crippen molar-refractivity contribution in [2.75, 3.05) is 18.9 Å². The molecule has 0 amide bonds. The minimum atomic E-state index is -3.58. The summed E-state index contributed by atoms with van der Waals surface area (Å²) in [5, 5.41) is 10.1. The largest absolute Gasteiger partial charge is 0.398 e. The predicted octanol–water partition coefficient (Wildman–Crippen LogP) is 2.53. The van der Waals surface area contributed by atoms with E-state index in [0.717, 1.165) is 0 Å². The monoisotopic (exact) mass is 259 g/mol. The van der Waals surface area contributed by atoms with Crippen LogP contribution in [-0.2, 0) is 13.6 Å². The number of para-hydroxylation sites is 1. The maximum atomic E-state index is 12.3. The summed E-state index contributed by atoms with van der Waals surface area (Å²) in [5.41, 5.74) is 6.44. The summed E-state index contributed by atoms with van der Waals surface area (Å²) in [6.45, 7) is 3.77. The Balaban J connectivity index is 3.04. The molecule has 0 fully saturated rings. The van der Waals surface area contributed by atoms with Gasteiger partial charge in [0.1, 0.15) is 0 Å². The van der Waals surface area contributed by atoms with E-state index in [0.29, 0.717) is 11.3 Å². The number of aliphatic hydroxyl groups is 1. The molecule has 0 saturated carbocycles. The molecule has 1 aromatic carbocycles. The van der Waals surface area contributed by atoms with Gasteiger partial charge in [-0.05, 0) is 19.9 Å². The van der Waals surface area contributed by atoms with Gasteiger partial charge in [0, 0.05) is 11.3 Å². The fourth-order valence-electron chi connectivity index (χ4n) is 1.45. The van der Waals surface area contributed by atoms with Gasteiger partial charge < -0.3 is 19.9 Å².